The zero-order chi connectivity index (χ0) is 13.1. The topological polar surface area (TPSA) is 53.4 Å². The maximum atomic E-state index is 10.7. The number of aldehydes is 1. The minimum absolute atomic E-state index is 0.386. The normalized spacial score (nSPS) is 10.2. The molecule has 0 saturated heterocycles. The number of ether oxygens (including phenoxy) is 2. The van der Waals surface area contributed by atoms with Crippen molar-refractivity contribution in [3.05, 3.63) is 30.0 Å². The van der Waals surface area contributed by atoms with Crippen LogP contribution in [0.25, 0.3) is 11.3 Å². The van der Waals surface area contributed by atoms with Crippen LogP contribution in [-0.2, 0) is 7.05 Å². The van der Waals surface area contributed by atoms with E-state index >= 15 is 0 Å². The van der Waals surface area contributed by atoms with Crippen molar-refractivity contribution in [2.24, 2.45) is 7.05 Å². The maximum absolute atomic E-state index is 10.7. The van der Waals surface area contributed by atoms with Gasteiger partial charge in [-0.2, -0.15) is 5.10 Å². The quantitative estimate of drug-likeness (QED) is 0.773. The molecule has 2 rings (SSSR count). The van der Waals surface area contributed by atoms with Crippen molar-refractivity contribution >= 4 is 6.29 Å². The van der Waals surface area contributed by atoms with E-state index in [2.05, 4.69) is 5.10 Å². The van der Waals surface area contributed by atoms with Crippen LogP contribution in [0.2, 0.25) is 0 Å². The van der Waals surface area contributed by atoms with E-state index in [1.807, 2.05) is 18.2 Å². The van der Waals surface area contributed by atoms with Crippen LogP contribution in [0, 0.1) is 0 Å². The number of carbonyl (C=O) groups excluding carboxylic acids is 1. The molecule has 0 aliphatic carbocycles. The van der Waals surface area contributed by atoms with Gasteiger partial charge >= 0.3 is 0 Å². The van der Waals surface area contributed by atoms with Crippen LogP contribution in [-0.4, -0.2) is 30.3 Å². The Labute approximate surface area is 105 Å². The van der Waals surface area contributed by atoms with Gasteiger partial charge in [-0.3, -0.25) is 9.48 Å². The molecule has 1 heterocycles. The molecule has 0 radical (unpaired) electrons. The van der Waals surface area contributed by atoms with Crippen LogP contribution >= 0.6 is 0 Å². The van der Waals surface area contributed by atoms with E-state index in [1.165, 1.54) is 0 Å². The number of aromatic nitrogens is 2. The molecule has 1 aromatic heterocycles. The molecule has 0 bridgehead atoms. The number of aryl methyl sites for hydroxylation is 1. The summed E-state index contributed by atoms with van der Waals surface area (Å²) in [5.41, 5.74) is 2.02. The predicted octanol–water partition coefficient (Wildman–Crippen LogP) is 1.92. The molecular formula is C13H14N2O3. The molecule has 0 aliphatic heterocycles. The summed E-state index contributed by atoms with van der Waals surface area (Å²) in [7, 11) is 4.98. The molecule has 1 aromatic carbocycles. The standard InChI is InChI=1S/C13H14N2O3/c1-15-12(6-9(8-16)14-15)11-7-10(17-2)4-5-13(11)18-3/h4-8H,1-3H3. The van der Waals surface area contributed by atoms with E-state index in [0.29, 0.717) is 11.4 Å². The third-order valence-corrected chi connectivity index (χ3v) is 2.70. The van der Waals surface area contributed by atoms with Gasteiger partial charge in [0.15, 0.2) is 6.29 Å². The first kappa shape index (κ1) is 12.2. The predicted molar refractivity (Wildman–Crippen MR) is 67.1 cm³/mol. The summed E-state index contributed by atoms with van der Waals surface area (Å²) in [5.74, 6) is 1.43. The van der Waals surface area contributed by atoms with E-state index in [-0.39, 0.29) is 0 Å². The lowest BCUT2D eigenvalue weighted by atomic mass is 10.1. The smallest absolute Gasteiger partial charge is 0.170 e. The molecule has 0 fully saturated rings. The van der Waals surface area contributed by atoms with Gasteiger partial charge in [-0.15, -0.1) is 0 Å². The van der Waals surface area contributed by atoms with Gasteiger partial charge in [0.25, 0.3) is 0 Å². The van der Waals surface area contributed by atoms with Crippen molar-refractivity contribution in [2.45, 2.75) is 0 Å². The van der Waals surface area contributed by atoms with Gasteiger partial charge in [0.05, 0.1) is 19.9 Å². The first-order valence-corrected chi connectivity index (χ1v) is 5.41. The number of methoxy groups -OCH3 is 2. The summed E-state index contributed by atoms with van der Waals surface area (Å²) >= 11 is 0. The van der Waals surface area contributed by atoms with E-state index in [1.54, 1.807) is 32.0 Å². The highest BCUT2D eigenvalue weighted by Gasteiger charge is 2.13. The highest BCUT2D eigenvalue weighted by Crippen LogP contribution is 2.33. The number of benzene rings is 1. The molecule has 0 saturated carbocycles. The third kappa shape index (κ3) is 2.07. The summed E-state index contributed by atoms with van der Waals surface area (Å²) in [5, 5.41) is 4.09. The van der Waals surface area contributed by atoms with Crippen LogP contribution in [0.3, 0.4) is 0 Å². The largest absolute Gasteiger partial charge is 0.497 e. The molecule has 0 unspecified atom stereocenters. The van der Waals surface area contributed by atoms with Crippen LogP contribution in [0.15, 0.2) is 24.3 Å². The fraction of sp³-hybridized carbons (Fsp3) is 0.231. The molecule has 2 aromatic rings. The Kier molecular flexibility index (Phi) is 3.32. The van der Waals surface area contributed by atoms with Crippen molar-refractivity contribution in [3.8, 4) is 22.8 Å². The van der Waals surface area contributed by atoms with Gasteiger partial charge in [-0.25, -0.2) is 0 Å². The van der Waals surface area contributed by atoms with Crippen LogP contribution in [0.1, 0.15) is 10.5 Å². The fourth-order valence-corrected chi connectivity index (χ4v) is 1.81. The lowest BCUT2D eigenvalue weighted by Crippen LogP contribution is -1.97. The third-order valence-electron chi connectivity index (χ3n) is 2.70. The van der Waals surface area contributed by atoms with Gasteiger partial charge in [-0.1, -0.05) is 0 Å². The number of nitrogens with zero attached hydrogens (tertiary/aromatic N) is 2. The molecule has 18 heavy (non-hydrogen) atoms. The Morgan fingerprint density at radius 2 is 2.00 bits per heavy atom. The fourth-order valence-electron chi connectivity index (χ4n) is 1.81. The van der Waals surface area contributed by atoms with Gasteiger partial charge in [-0.05, 0) is 24.3 Å². The Balaban J connectivity index is 2.60. The van der Waals surface area contributed by atoms with E-state index in [0.717, 1.165) is 23.3 Å². The SMILES string of the molecule is COc1ccc(OC)c(-c2cc(C=O)nn2C)c1. The van der Waals surface area contributed by atoms with Crippen molar-refractivity contribution in [1.82, 2.24) is 9.78 Å². The molecule has 0 aliphatic rings. The first-order chi connectivity index (χ1) is 8.69. The molecule has 5 heteroatoms. The zero-order valence-corrected chi connectivity index (χ0v) is 10.5. The van der Waals surface area contributed by atoms with Crippen LogP contribution in [0.4, 0.5) is 0 Å². The van der Waals surface area contributed by atoms with Crippen molar-refractivity contribution in [3.63, 3.8) is 0 Å². The van der Waals surface area contributed by atoms with E-state index in [9.17, 15) is 4.79 Å². The highest BCUT2D eigenvalue weighted by molar-refractivity contribution is 5.77. The second-order valence-electron chi connectivity index (χ2n) is 3.76. The lowest BCUT2D eigenvalue weighted by Gasteiger charge is -2.10. The number of carbonyl (C=O) groups is 1. The van der Waals surface area contributed by atoms with Gasteiger partial charge in [0.2, 0.25) is 0 Å². The second-order valence-corrected chi connectivity index (χ2v) is 3.76. The maximum Gasteiger partial charge on any atom is 0.170 e. The summed E-state index contributed by atoms with van der Waals surface area (Å²) in [6, 6.07) is 7.20. The molecular weight excluding hydrogens is 232 g/mol. The minimum Gasteiger partial charge on any atom is -0.497 e. The molecule has 0 atom stereocenters. The highest BCUT2D eigenvalue weighted by atomic mass is 16.5. The van der Waals surface area contributed by atoms with E-state index < -0.39 is 0 Å². The Bertz CT molecular complexity index is 576. The molecule has 0 N–H and O–H groups in total. The van der Waals surface area contributed by atoms with Crippen molar-refractivity contribution < 1.29 is 14.3 Å². The van der Waals surface area contributed by atoms with Crippen LogP contribution in [0.5, 0.6) is 11.5 Å². The number of rotatable bonds is 4. The number of hydrogen-bond acceptors (Lipinski definition) is 4. The summed E-state index contributed by atoms with van der Waals surface area (Å²) in [4.78, 5) is 10.7. The average molecular weight is 246 g/mol. The van der Waals surface area contributed by atoms with Gasteiger partial charge < -0.3 is 9.47 Å². The lowest BCUT2D eigenvalue weighted by molar-refractivity contribution is 0.111. The first-order valence-electron chi connectivity index (χ1n) is 5.41. The average Bonchev–Trinajstić information content (AvgIpc) is 2.79. The monoisotopic (exact) mass is 246 g/mol. The van der Waals surface area contributed by atoms with Gasteiger partial charge in [0, 0.05) is 12.6 Å². The van der Waals surface area contributed by atoms with Crippen LogP contribution < -0.4 is 9.47 Å². The second kappa shape index (κ2) is 4.91. The summed E-state index contributed by atoms with van der Waals surface area (Å²) in [6.07, 6.45) is 0.718. The molecule has 94 valence electrons. The summed E-state index contributed by atoms with van der Waals surface area (Å²) < 4.78 is 12.1. The van der Waals surface area contributed by atoms with E-state index in [4.69, 9.17) is 9.47 Å². The Morgan fingerprint density at radius 1 is 1.22 bits per heavy atom. The Hall–Kier alpha value is -2.30. The van der Waals surface area contributed by atoms with Gasteiger partial charge in [0.1, 0.15) is 17.2 Å². The Morgan fingerprint density at radius 3 is 2.56 bits per heavy atom. The van der Waals surface area contributed by atoms with Crippen molar-refractivity contribution in [2.75, 3.05) is 14.2 Å². The zero-order valence-electron chi connectivity index (χ0n) is 10.5. The summed E-state index contributed by atoms with van der Waals surface area (Å²) in [6.45, 7) is 0. The molecule has 5 nitrogen and oxygen atoms in total. The van der Waals surface area contributed by atoms with Crippen molar-refractivity contribution in [1.29, 1.82) is 0 Å². The number of hydrogen-bond donors (Lipinski definition) is 0. The molecule has 0 amide bonds. The molecule has 0 spiro atoms. The minimum atomic E-state index is 0.386.